The summed E-state index contributed by atoms with van der Waals surface area (Å²) in [6.45, 7) is 5.13. The Labute approximate surface area is 177 Å². The van der Waals surface area contributed by atoms with Crippen molar-refractivity contribution >= 4 is 23.2 Å². The largest absolute Gasteiger partial charge is 0.380 e. The summed E-state index contributed by atoms with van der Waals surface area (Å²) >= 11 is 9.53. The first-order chi connectivity index (χ1) is 13.1. The number of halogens is 2. The van der Waals surface area contributed by atoms with Gasteiger partial charge in [0.25, 0.3) is 0 Å². The van der Waals surface area contributed by atoms with Gasteiger partial charge in [0.15, 0.2) is 6.29 Å². The SMILES string of the molecule is C#CC(CCCCC)OC1CCCCO1.C#CC(O)CCCCC.ClCCl. The zero-order valence-electron chi connectivity index (χ0n) is 17.1. The Morgan fingerprint density at radius 1 is 1.04 bits per heavy atom. The number of aliphatic hydroxyl groups is 1. The van der Waals surface area contributed by atoms with E-state index in [1.807, 2.05) is 0 Å². The zero-order chi connectivity index (χ0) is 20.8. The standard InChI is InChI=1S/C13H22O2.C8H14O.CH2Cl2/c1-3-5-6-9-12(4-2)15-13-10-7-8-11-14-13;1-3-5-6-7-8(9)4-2;2-1-3/h2,12-13H,3,5-11H2,1H3;2,8-9H,3,5-7H2,1H3;1H2. The molecule has 1 aliphatic heterocycles. The van der Waals surface area contributed by atoms with Crippen molar-refractivity contribution < 1.29 is 14.6 Å². The van der Waals surface area contributed by atoms with Gasteiger partial charge in [0, 0.05) is 6.61 Å². The van der Waals surface area contributed by atoms with E-state index in [2.05, 4.69) is 25.7 Å². The van der Waals surface area contributed by atoms with Crippen molar-refractivity contribution in [1.29, 1.82) is 0 Å². The molecule has 0 aliphatic carbocycles. The first-order valence-corrected chi connectivity index (χ1v) is 11.2. The minimum atomic E-state index is -0.517. The molecule has 0 saturated carbocycles. The maximum atomic E-state index is 8.85. The van der Waals surface area contributed by atoms with Crippen LogP contribution in [0.5, 0.6) is 0 Å². The summed E-state index contributed by atoms with van der Waals surface area (Å²) in [4.78, 5) is 0. The molecule has 0 aromatic heterocycles. The molecule has 1 heterocycles. The highest BCUT2D eigenvalue weighted by molar-refractivity contribution is 6.40. The first kappa shape index (κ1) is 28.8. The average Bonchev–Trinajstić information content (AvgIpc) is 2.69. The third-order valence-corrected chi connectivity index (χ3v) is 3.98. The Morgan fingerprint density at radius 2 is 1.63 bits per heavy atom. The van der Waals surface area contributed by atoms with Gasteiger partial charge in [0.05, 0.1) is 5.34 Å². The topological polar surface area (TPSA) is 38.7 Å². The molecule has 0 aromatic carbocycles. The molecule has 1 rings (SSSR count). The lowest BCUT2D eigenvalue weighted by Crippen LogP contribution is -2.27. The molecule has 1 N–H and O–H groups in total. The quantitative estimate of drug-likeness (QED) is 0.263. The molecule has 1 aliphatic rings. The van der Waals surface area contributed by atoms with E-state index in [1.165, 1.54) is 32.1 Å². The van der Waals surface area contributed by atoms with Crippen LogP contribution in [0.4, 0.5) is 0 Å². The van der Waals surface area contributed by atoms with Gasteiger partial charge in [-0.25, -0.2) is 0 Å². The van der Waals surface area contributed by atoms with Crippen molar-refractivity contribution in [1.82, 2.24) is 0 Å². The van der Waals surface area contributed by atoms with Crippen LogP contribution in [0.3, 0.4) is 0 Å². The van der Waals surface area contributed by atoms with Gasteiger partial charge in [0.1, 0.15) is 12.2 Å². The molecule has 0 bridgehead atoms. The lowest BCUT2D eigenvalue weighted by Gasteiger charge is -2.25. The minimum Gasteiger partial charge on any atom is -0.380 e. The van der Waals surface area contributed by atoms with Crippen LogP contribution < -0.4 is 0 Å². The van der Waals surface area contributed by atoms with Gasteiger partial charge in [-0.05, 0) is 44.9 Å². The van der Waals surface area contributed by atoms with Crippen molar-refractivity contribution in [2.45, 2.75) is 103 Å². The van der Waals surface area contributed by atoms with Crippen LogP contribution in [-0.4, -0.2) is 35.6 Å². The summed E-state index contributed by atoms with van der Waals surface area (Å²) in [5.41, 5.74) is 0. The van der Waals surface area contributed by atoms with Gasteiger partial charge in [-0.2, -0.15) is 0 Å². The number of ether oxygens (including phenoxy) is 2. The molecular formula is C22H38Cl2O3. The van der Waals surface area contributed by atoms with Crippen molar-refractivity contribution in [2.24, 2.45) is 0 Å². The van der Waals surface area contributed by atoms with Crippen molar-refractivity contribution in [3.05, 3.63) is 0 Å². The third-order valence-electron chi connectivity index (χ3n) is 3.98. The van der Waals surface area contributed by atoms with Crippen LogP contribution in [0.15, 0.2) is 0 Å². The summed E-state index contributed by atoms with van der Waals surface area (Å²) in [5, 5.41) is 9.04. The number of hydrogen-bond donors (Lipinski definition) is 1. The molecule has 158 valence electrons. The summed E-state index contributed by atoms with van der Waals surface area (Å²) < 4.78 is 11.2. The lowest BCUT2D eigenvalue weighted by molar-refractivity contribution is -0.177. The highest BCUT2D eigenvalue weighted by Crippen LogP contribution is 2.17. The molecule has 3 unspecified atom stereocenters. The average molecular weight is 421 g/mol. The van der Waals surface area contributed by atoms with E-state index in [0.29, 0.717) is 0 Å². The van der Waals surface area contributed by atoms with Crippen molar-refractivity contribution in [2.75, 3.05) is 11.9 Å². The van der Waals surface area contributed by atoms with Crippen LogP contribution in [0, 0.1) is 24.7 Å². The fourth-order valence-corrected chi connectivity index (χ4v) is 2.44. The third kappa shape index (κ3) is 21.7. The van der Waals surface area contributed by atoms with E-state index in [-0.39, 0.29) is 17.7 Å². The Morgan fingerprint density at radius 3 is 2.07 bits per heavy atom. The molecule has 3 nitrogen and oxygen atoms in total. The van der Waals surface area contributed by atoms with Crippen LogP contribution >= 0.6 is 23.2 Å². The molecule has 27 heavy (non-hydrogen) atoms. The van der Waals surface area contributed by atoms with Crippen LogP contribution in [-0.2, 0) is 9.47 Å². The molecule has 0 aromatic rings. The predicted molar refractivity (Wildman–Crippen MR) is 117 cm³/mol. The van der Waals surface area contributed by atoms with E-state index < -0.39 is 6.10 Å². The zero-order valence-corrected chi connectivity index (χ0v) is 18.6. The normalized spacial score (nSPS) is 17.8. The van der Waals surface area contributed by atoms with Gasteiger partial charge in [-0.3, -0.25) is 0 Å². The predicted octanol–water partition coefficient (Wildman–Crippen LogP) is 6.09. The Hall–Kier alpha value is -0.420. The monoisotopic (exact) mass is 420 g/mol. The van der Waals surface area contributed by atoms with E-state index in [0.717, 1.165) is 45.1 Å². The maximum absolute atomic E-state index is 8.85. The van der Waals surface area contributed by atoms with E-state index in [9.17, 15) is 0 Å². The Bertz CT molecular complexity index is 371. The van der Waals surface area contributed by atoms with Gasteiger partial charge in [0.2, 0.25) is 0 Å². The van der Waals surface area contributed by atoms with Gasteiger partial charge < -0.3 is 14.6 Å². The van der Waals surface area contributed by atoms with Crippen LogP contribution in [0.1, 0.15) is 84.5 Å². The van der Waals surface area contributed by atoms with Crippen molar-refractivity contribution in [3.8, 4) is 24.7 Å². The number of hydrogen-bond acceptors (Lipinski definition) is 3. The summed E-state index contributed by atoms with van der Waals surface area (Å²) in [5.74, 6) is 4.99. The van der Waals surface area contributed by atoms with E-state index >= 15 is 0 Å². The molecule has 3 atom stereocenters. The van der Waals surface area contributed by atoms with Crippen LogP contribution in [0.25, 0.3) is 0 Å². The second-order valence-corrected chi connectivity index (χ2v) is 7.17. The fourth-order valence-electron chi connectivity index (χ4n) is 2.44. The molecule has 0 radical (unpaired) electrons. The number of aliphatic hydroxyl groups excluding tert-OH is 1. The smallest absolute Gasteiger partial charge is 0.159 e. The highest BCUT2D eigenvalue weighted by atomic mass is 35.5. The van der Waals surface area contributed by atoms with Crippen LogP contribution in [0.2, 0.25) is 0 Å². The van der Waals surface area contributed by atoms with Gasteiger partial charge >= 0.3 is 0 Å². The molecule has 0 amide bonds. The summed E-state index contributed by atoms with van der Waals surface area (Å²) in [7, 11) is 0. The molecule has 1 saturated heterocycles. The number of rotatable bonds is 10. The fraction of sp³-hybridized carbons (Fsp3) is 0.818. The van der Waals surface area contributed by atoms with Gasteiger partial charge in [-0.15, -0.1) is 36.0 Å². The lowest BCUT2D eigenvalue weighted by atomic mass is 10.1. The first-order valence-electron chi connectivity index (χ1n) is 10.1. The number of alkyl halides is 2. The highest BCUT2D eigenvalue weighted by Gasteiger charge is 2.17. The Balaban J connectivity index is 0. The molecule has 1 fully saturated rings. The minimum absolute atomic E-state index is 0.0542. The summed E-state index contributed by atoms with van der Waals surface area (Å²) in [6.07, 6.45) is 21.8. The second-order valence-electron chi connectivity index (χ2n) is 6.36. The summed E-state index contributed by atoms with van der Waals surface area (Å²) in [6, 6.07) is 0. The molecule has 0 spiro atoms. The molecule has 5 heteroatoms. The Kier molecular flexibility index (Phi) is 25.2. The van der Waals surface area contributed by atoms with E-state index in [1.54, 1.807) is 0 Å². The molecular weight excluding hydrogens is 383 g/mol. The maximum Gasteiger partial charge on any atom is 0.159 e. The van der Waals surface area contributed by atoms with Crippen molar-refractivity contribution in [3.63, 3.8) is 0 Å². The number of unbranched alkanes of at least 4 members (excludes halogenated alkanes) is 4. The second kappa shape index (κ2) is 23.6. The number of terminal acetylenes is 2. The van der Waals surface area contributed by atoms with Gasteiger partial charge in [-0.1, -0.05) is 51.4 Å². The van der Waals surface area contributed by atoms with E-state index in [4.69, 9.17) is 50.6 Å².